The summed E-state index contributed by atoms with van der Waals surface area (Å²) in [6.07, 6.45) is 0. The molecule has 0 atom stereocenters. The van der Waals surface area contributed by atoms with E-state index in [-0.39, 0.29) is 0 Å². The third kappa shape index (κ3) is 4.55. The summed E-state index contributed by atoms with van der Waals surface area (Å²) in [6.45, 7) is 0.870. The average molecular weight is 372 g/mol. The van der Waals surface area contributed by atoms with Gasteiger partial charge in [-0.15, -0.1) is 0 Å². The first kappa shape index (κ1) is 16.0. The molecule has 0 unspecified atom stereocenters. The van der Waals surface area contributed by atoms with Crippen LogP contribution in [0.25, 0.3) is 0 Å². The maximum Gasteiger partial charge on any atom is 0.142 e. The molecule has 0 radical (unpaired) electrons. The van der Waals surface area contributed by atoms with Crippen LogP contribution >= 0.6 is 27.5 Å². The summed E-state index contributed by atoms with van der Waals surface area (Å²) in [6, 6.07) is 13.1. The van der Waals surface area contributed by atoms with Crippen LogP contribution in [0.1, 0.15) is 5.56 Å². The molecule has 0 amide bonds. The van der Waals surface area contributed by atoms with Crippen molar-refractivity contribution < 1.29 is 14.2 Å². The summed E-state index contributed by atoms with van der Waals surface area (Å²) in [5.74, 6) is 2.28. The Hall–Kier alpha value is -1.39. The number of hydrogen-bond donors (Lipinski definition) is 0. The first-order chi connectivity index (χ1) is 10.2. The van der Waals surface area contributed by atoms with E-state index in [9.17, 15) is 0 Å². The Kier molecular flexibility index (Phi) is 6.21. The standard InChI is InChI=1S/C16H16BrClO3/c1-19-13-5-7-14(8-6-13)20-9-10-21-16-12(11-17)3-2-4-15(16)18/h2-8H,9-11H2,1H3. The highest BCUT2D eigenvalue weighted by Crippen LogP contribution is 2.30. The van der Waals surface area contributed by atoms with E-state index in [1.807, 2.05) is 42.5 Å². The lowest BCUT2D eigenvalue weighted by molar-refractivity contribution is 0.216. The fourth-order valence-corrected chi connectivity index (χ4v) is 2.49. The lowest BCUT2D eigenvalue weighted by atomic mass is 10.2. The molecule has 0 spiro atoms. The van der Waals surface area contributed by atoms with Crippen LogP contribution in [0, 0.1) is 0 Å². The van der Waals surface area contributed by atoms with Crippen LogP contribution in [-0.2, 0) is 5.33 Å². The largest absolute Gasteiger partial charge is 0.497 e. The van der Waals surface area contributed by atoms with Crippen LogP contribution in [-0.4, -0.2) is 20.3 Å². The highest BCUT2D eigenvalue weighted by Gasteiger charge is 2.07. The molecular formula is C16H16BrClO3. The molecule has 112 valence electrons. The number of ether oxygens (including phenoxy) is 3. The van der Waals surface area contributed by atoms with Crippen molar-refractivity contribution in [1.29, 1.82) is 0 Å². The van der Waals surface area contributed by atoms with Gasteiger partial charge in [0.05, 0.1) is 12.1 Å². The number of hydrogen-bond acceptors (Lipinski definition) is 3. The predicted octanol–water partition coefficient (Wildman–Crippen LogP) is 4.70. The van der Waals surface area contributed by atoms with Gasteiger partial charge < -0.3 is 14.2 Å². The van der Waals surface area contributed by atoms with Gasteiger partial charge in [-0.2, -0.15) is 0 Å². The Morgan fingerprint density at radius 1 is 0.952 bits per heavy atom. The van der Waals surface area contributed by atoms with Crippen molar-refractivity contribution in [3.8, 4) is 17.2 Å². The van der Waals surface area contributed by atoms with Gasteiger partial charge in [-0.05, 0) is 30.3 Å². The third-order valence-electron chi connectivity index (χ3n) is 2.85. The van der Waals surface area contributed by atoms with E-state index in [2.05, 4.69) is 15.9 Å². The van der Waals surface area contributed by atoms with Gasteiger partial charge in [0.1, 0.15) is 30.5 Å². The summed E-state index contributed by atoms with van der Waals surface area (Å²) < 4.78 is 16.4. The molecule has 0 aliphatic carbocycles. The van der Waals surface area contributed by atoms with Crippen molar-refractivity contribution in [2.45, 2.75) is 5.33 Å². The van der Waals surface area contributed by atoms with Crippen LogP contribution < -0.4 is 14.2 Å². The minimum absolute atomic E-state index is 0.426. The first-order valence-electron chi connectivity index (χ1n) is 6.47. The molecule has 0 saturated heterocycles. The Morgan fingerprint density at radius 2 is 1.62 bits per heavy atom. The van der Waals surface area contributed by atoms with Crippen LogP contribution in [0.5, 0.6) is 17.2 Å². The smallest absolute Gasteiger partial charge is 0.142 e. The van der Waals surface area contributed by atoms with Crippen molar-refractivity contribution in [3.63, 3.8) is 0 Å². The monoisotopic (exact) mass is 370 g/mol. The molecule has 0 fully saturated rings. The second-order valence-corrected chi connectivity index (χ2v) is 5.20. The van der Waals surface area contributed by atoms with E-state index in [4.69, 9.17) is 25.8 Å². The Morgan fingerprint density at radius 3 is 2.29 bits per heavy atom. The maximum absolute atomic E-state index is 6.14. The van der Waals surface area contributed by atoms with Gasteiger partial charge in [0.25, 0.3) is 0 Å². The second kappa shape index (κ2) is 8.15. The first-order valence-corrected chi connectivity index (χ1v) is 7.97. The number of alkyl halides is 1. The molecule has 0 bridgehead atoms. The molecule has 0 aromatic heterocycles. The van der Waals surface area contributed by atoms with Crippen molar-refractivity contribution in [1.82, 2.24) is 0 Å². The highest BCUT2D eigenvalue weighted by atomic mass is 79.9. The molecule has 21 heavy (non-hydrogen) atoms. The van der Waals surface area contributed by atoms with E-state index in [1.54, 1.807) is 7.11 Å². The van der Waals surface area contributed by atoms with Gasteiger partial charge in [0.15, 0.2) is 0 Å². The Labute approximate surface area is 137 Å². The Balaban J connectivity index is 1.84. The van der Waals surface area contributed by atoms with Crippen molar-refractivity contribution >= 4 is 27.5 Å². The molecule has 2 aromatic rings. The van der Waals surface area contributed by atoms with E-state index in [1.165, 1.54) is 0 Å². The molecular weight excluding hydrogens is 356 g/mol. The van der Waals surface area contributed by atoms with Gasteiger partial charge in [-0.1, -0.05) is 39.7 Å². The fraction of sp³-hybridized carbons (Fsp3) is 0.250. The van der Waals surface area contributed by atoms with Gasteiger partial charge >= 0.3 is 0 Å². The predicted molar refractivity (Wildman–Crippen MR) is 88.1 cm³/mol. The SMILES string of the molecule is COc1ccc(OCCOc2c(Cl)cccc2CBr)cc1. The van der Waals surface area contributed by atoms with Crippen LogP contribution in [0.15, 0.2) is 42.5 Å². The molecule has 0 saturated carbocycles. The zero-order valence-corrected chi connectivity index (χ0v) is 14.0. The summed E-state index contributed by atoms with van der Waals surface area (Å²) in [4.78, 5) is 0. The minimum atomic E-state index is 0.426. The van der Waals surface area contributed by atoms with Crippen LogP contribution in [0.2, 0.25) is 5.02 Å². The Bertz CT molecular complexity index is 572. The van der Waals surface area contributed by atoms with Gasteiger partial charge in [-0.3, -0.25) is 0 Å². The van der Waals surface area contributed by atoms with E-state index >= 15 is 0 Å². The number of halogens is 2. The minimum Gasteiger partial charge on any atom is -0.497 e. The third-order valence-corrected chi connectivity index (χ3v) is 3.75. The molecule has 3 nitrogen and oxygen atoms in total. The van der Waals surface area contributed by atoms with Crippen LogP contribution in [0.3, 0.4) is 0 Å². The molecule has 2 rings (SSSR count). The molecule has 0 heterocycles. The normalized spacial score (nSPS) is 10.2. The molecule has 0 N–H and O–H groups in total. The second-order valence-electron chi connectivity index (χ2n) is 4.23. The summed E-state index contributed by atoms with van der Waals surface area (Å²) in [7, 11) is 1.63. The zero-order valence-electron chi connectivity index (χ0n) is 11.6. The zero-order chi connectivity index (χ0) is 15.1. The number of rotatable bonds is 7. The lowest BCUT2D eigenvalue weighted by Crippen LogP contribution is -2.10. The van der Waals surface area contributed by atoms with Gasteiger partial charge in [-0.25, -0.2) is 0 Å². The maximum atomic E-state index is 6.14. The summed E-state index contributed by atoms with van der Waals surface area (Å²) >= 11 is 9.56. The van der Waals surface area contributed by atoms with E-state index < -0.39 is 0 Å². The number of para-hydroxylation sites is 1. The van der Waals surface area contributed by atoms with Crippen molar-refractivity contribution in [2.75, 3.05) is 20.3 Å². The summed E-state index contributed by atoms with van der Waals surface area (Å²) in [5.41, 5.74) is 1.02. The number of methoxy groups -OCH3 is 1. The van der Waals surface area contributed by atoms with Gasteiger partial charge in [0, 0.05) is 10.9 Å². The average Bonchev–Trinajstić information content (AvgIpc) is 2.53. The molecule has 5 heteroatoms. The lowest BCUT2D eigenvalue weighted by Gasteiger charge is -2.12. The van der Waals surface area contributed by atoms with Gasteiger partial charge in [0.2, 0.25) is 0 Å². The quantitative estimate of drug-likeness (QED) is 0.521. The van der Waals surface area contributed by atoms with E-state index in [0.717, 1.165) is 17.1 Å². The topological polar surface area (TPSA) is 27.7 Å². The molecule has 2 aromatic carbocycles. The summed E-state index contributed by atoms with van der Waals surface area (Å²) in [5, 5.41) is 1.30. The highest BCUT2D eigenvalue weighted by molar-refractivity contribution is 9.08. The van der Waals surface area contributed by atoms with E-state index in [0.29, 0.717) is 29.3 Å². The molecule has 0 aliphatic rings. The number of benzene rings is 2. The van der Waals surface area contributed by atoms with Crippen molar-refractivity contribution in [3.05, 3.63) is 53.1 Å². The fourth-order valence-electron chi connectivity index (χ4n) is 1.80. The molecule has 0 aliphatic heterocycles. The van der Waals surface area contributed by atoms with Crippen LogP contribution in [0.4, 0.5) is 0 Å². The van der Waals surface area contributed by atoms with Crippen molar-refractivity contribution in [2.24, 2.45) is 0 Å².